The first-order chi connectivity index (χ1) is 20.1. The molecule has 0 aromatic heterocycles. The molecular formula is C30H35ClN4O6S. The highest BCUT2D eigenvalue weighted by molar-refractivity contribution is 7.89. The van der Waals surface area contributed by atoms with E-state index in [2.05, 4.69) is 27.7 Å². The van der Waals surface area contributed by atoms with Gasteiger partial charge in [-0.2, -0.15) is 4.31 Å². The molecule has 3 N–H and O–H groups in total. The van der Waals surface area contributed by atoms with E-state index in [1.807, 2.05) is 32.0 Å². The molecule has 3 aromatic rings. The summed E-state index contributed by atoms with van der Waals surface area (Å²) in [4.78, 5) is 26.9. The number of aromatic hydroxyl groups is 1. The van der Waals surface area contributed by atoms with Crippen LogP contribution in [0.2, 0.25) is 5.02 Å². The Morgan fingerprint density at radius 3 is 2.43 bits per heavy atom. The molecule has 0 saturated carbocycles. The van der Waals surface area contributed by atoms with Crippen LogP contribution in [0.1, 0.15) is 45.1 Å². The first-order valence-corrected chi connectivity index (χ1v) is 16.2. The first-order valence-electron chi connectivity index (χ1n) is 14.4. The van der Waals surface area contributed by atoms with Gasteiger partial charge in [0.05, 0.1) is 29.0 Å². The van der Waals surface area contributed by atoms with Gasteiger partial charge in [-0.15, -0.1) is 0 Å². The standard InChI is InChI=1S/C30H35ClN4O6S/c1-3-22(24-12-9-17(2)41-24)32-25-26(29(38)28(25)37)33-23-11-10-21(31)30(27(23)36)42(39,40)35-16-19-13-20(35)15-34(19)14-18-7-5-4-6-8-18/h4-8,10-11,17,19-20,22,24,32-33,36H,3,9,12-16H2,1-2H3/t17-,19?,20?,22-,24?/m1/s1. The van der Waals surface area contributed by atoms with Crippen LogP contribution in [0, 0.1) is 0 Å². The summed E-state index contributed by atoms with van der Waals surface area (Å²) in [5, 5.41) is 17.0. The SMILES string of the molecule is CC[C@@H](Nc1c(Nc2ccc(Cl)c(S(=O)(=O)N3CC4CC3CN4Cc3ccccc3)c2O)c(=O)c1=O)C1CC[C@@H](C)O1. The van der Waals surface area contributed by atoms with Gasteiger partial charge in [0.15, 0.2) is 5.75 Å². The lowest BCUT2D eigenvalue weighted by atomic mass is 10.0. The second-order valence-corrected chi connectivity index (χ2v) is 13.8. The van der Waals surface area contributed by atoms with Gasteiger partial charge in [0, 0.05) is 31.7 Å². The maximum Gasteiger partial charge on any atom is 0.253 e. The number of rotatable bonds is 10. The van der Waals surface area contributed by atoms with Gasteiger partial charge in [0.2, 0.25) is 10.0 Å². The molecule has 0 radical (unpaired) electrons. The normalized spacial score (nSPS) is 25.3. The molecule has 3 saturated heterocycles. The average molecular weight is 615 g/mol. The fourth-order valence-corrected chi connectivity index (χ4v) is 8.85. The van der Waals surface area contributed by atoms with E-state index in [4.69, 9.17) is 16.3 Å². The molecular weight excluding hydrogens is 580 g/mol. The second kappa shape index (κ2) is 11.3. The van der Waals surface area contributed by atoms with Crippen molar-refractivity contribution in [1.29, 1.82) is 0 Å². The highest BCUT2D eigenvalue weighted by atomic mass is 35.5. The van der Waals surface area contributed by atoms with Crippen LogP contribution in [0.3, 0.4) is 0 Å². The number of phenolic OH excluding ortho intramolecular Hbond substituents is 1. The van der Waals surface area contributed by atoms with E-state index in [0.29, 0.717) is 25.9 Å². The Hall–Kier alpha value is -2.96. The Bertz CT molecular complexity index is 1660. The van der Waals surface area contributed by atoms with Gasteiger partial charge in [-0.3, -0.25) is 14.5 Å². The topological polar surface area (TPSA) is 128 Å². The molecule has 10 nitrogen and oxygen atoms in total. The summed E-state index contributed by atoms with van der Waals surface area (Å²) in [6.07, 6.45) is 3.16. The maximum absolute atomic E-state index is 13.9. The third-order valence-corrected chi connectivity index (χ3v) is 11.3. The van der Waals surface area contributed by atoms with Crippen LogP contribution >= 0.6 is 11.6 Å². The van der Waals surface area contributed by atoms with E-state index in [1.165, 1.54) is 22.0 Å². The minimum Gasteiger partial charge on any atom is -0.504 e. The third-order valence-electron chi connectivity index (χ3n) is 8.84. The lowest BCUT2D eigenvalue weighted by molar-refractivity contribution is 0.0438. The van der Waals surface area contributed by atoms with E-state index in [1.54, 1.807) is 0 Å². The fraction of sp³-hybridized carbons (Fsp3) is 0.467. The molecule has 3 heterocycles. The Kier molecular flexibility index (Phi) is 7.82. The van der Waals surface area contributed by atoms with E-state index in [9.17, 15) is 23.1 Å². The first kappa shape index (κ1) is 29.1. The molecule has 42 heavy (non-hydrogen) atoms. The molecule has 3 fully saturated rings. The Morgan fingerprint density at radius 2 is 1.79 bits per heavy atom. The number of benzene rings is 2. The number of nitrogens with one attached hydrogen (secondary N) is 2. The monoisotopic (exact) mass is 614 g/mol. The van der Waals surface area contributed by atoms with E-state index >= 15 is 0 Å². The second-order valence-electron chi connectivity index (χ2n) is 11.6. The highest BCUT2D eigenvalue weighted by Crippen LogP contribution is 2.43. The number of phenols is 1. The maximum atomic E-state index is 13.9. The zero-order valence-electron chi connectivity index (χ0n) is 23.5. The van der Waals surface area contributed by atoms with Crippen molar-refractivity contribution in [2.75, 3.05) is 23.7 Å². The summed E-state index contributed by atoms with van der Waals surface area (Å²) in [5.41, 5.74) is -0.200. The van der Waals surface area contributed by atoms with Gasteiger partial charge in [-0.05, 0) is 50.3 Å². The number of halogens is 1. The van der Waals surface area contributed by atoms with Crippen molar-refractivity contribution in [1.82, 2.24) is 9.21 Å². The number of hydrogen-bond acceptors (Lipinski definition) is 9. The zero-order chi connectivity index (χ0) is 29.8. The predicted molar refractivity (Wildman–Crippen MR) is 162 cm³/mol. The van der Waals surface area contributed by atoms with Gasteiger partial charge in [-0.25, -0.2) is 8.42 Å². The zero-order valence-corrected chi connectivity index (χ0v) is 25.1. The summed E-state index contributed by atoms with van der Waals surface area (Å²) in [5.74, 6) is -0.592. The summed E-state index contributed by atoms with van der Waals surface area (Å²) in [6.45, 7) is 5.58. The van der Waals surface area contributed by atoms with Crippen LogP contribution in [0.5, 0.6) is 5.75 Å². The quantitative estimate of drug-likeness (QED) is 0.231. The van der Waals surface area contributed by atoms with Crippen molar-refractivity contribution in [2.45, 2.75) is 81.3 Å². The number of likely N-dealkylation sites (tertiary alicyclic amines) is 1. The smallest absolute Gasteiger partial charge is 0.253 e. The summed E-state index contributed by atoms with van der Waals surface area (Å²) in [7, 11) is -4.17. The van der Waals surface area contributed by atoms with Gasteiger partial charge < -0.3 is 20.5 Å². The van der Waals surface area contributed by atoms with E-state index < -0.39 is 31.5 Å². The van der Waals surface area contributed by atoms with Gasteiger partial charge >= 0.3 is 0 Å². The molecule has 2 bridgehead atoms. The van der Waals surface area contributed by atoms with Gasteiger partial charge in [-0.1, -0.05) is 48.9 Å². The predicted octanol–water partition coefficient (Wildman–Crippen LogP) is 3.79. The molecule has 3 unspecified atom stereocenters. The van der Waals surface area contributed by atoms with Gasteiger partial charge in [0.25, 0.3) is 10.9 Å². The minimum atomic E-state index is -4.17. The van der Waals surface area contributed by atoms with Crippen LogP contribution < -0.4 is 21.5 Å². The van der Waals surface area contributed by atoms with Crippen LogP contribution in [0.4, 0.5) is 17.1 Å². The van der Waals surface area contributed by atoms with Crippen LogP contribution in [-0.2, 0) is 21.3 Å². The largest absolute Gasteiger partial charge is 0.504 e. The lowest BCUT2D eigenvalue weighted by Crippen LogP contribution is -2.48. The lowest BCUT2D eigenvalue weighted by Gasteiger charge is -2.34. The van der Waals surface area contributed by atoms with Crippen molar-refractivity contribution < 1.29 is 18.3 Å². The Labute approximate surface area is 250 Å². The van der Waals surface area contributed by atoms with Crippen molar-refractivity contribution in [3.05, 3.63) is 73.5 Å². The van der Waals surface area contributed by atoms with Gasteiger partial charge in [0.1, 0.15) is 16.3 Å². The number of piperazine rings is 1. The van der Waals surface area contributed by atoms with Crippen LogP contribution in [0.15, 0.2) is 56.9 Å². The van der Waals surface area contributed by atoms with Crippen LogP contribution in [0.25, 0.3) is 0 Å². The minimum absolute atomic E-state index is 0.0257. The molecule has 3 aromatic carbocycles. The Balaban J connectivity index is 1.21. The number of nitrogens with zero attached hydrogens (tertiary/aromatic N) is 2. The average Bonchev–Trinajstić information content (AvgIpc) is 3.70. The molecule has 5 atom stereocenters. The van der Waals surface area contributed by atoms with E-state index in [0.717, 1.165) is 19.4 Å². The third kappa shape index (κ3) is 5.11. The molecule has 6 rings (SSSR count). The fourth-order valence-electron chi connectivity index (χ4n) is 6.58. The van der Waals surface area contributed by atoms with Crippen molar-refractivity contribution in [3.8, 4) is 5.75 Å². The number of anilines is 3. The summed E-state index contributed by atoms with van der Waals surface area (Å²) >= 11 is 6.38. The molecule has 0 aliphatic carbocycles. The number of sulfonamides is 1. The highest BCUT2D eigenvalue weighted by Gasteiger charge is 2.49. The van der Waals surface area contributed by atoms with Crippen molar-refractivity contribution in [2.24, 2.45) is 0 Å². The molecule has 3 aliphatic heterocycles. The molecule has 224 valence electrons. The number of ether oxygens (including phenoxy) is 1. The molecule has 0 amide bonds. The summed E-state index contributed by atoms with van der Waals surface area (Å²) in [6, 6.07) is 12.4. The number of hydrogen-bond donors (Lipinski definition) is 3. The molecule has 3 aliphatic rings. The number of fused-ring (bicyclic) bond motifs is 2. The van der Waals surface area contributed by atoms with Crippen molar-refractivity contribution in [3.63, 3.8) is 0 Å². The van der Waals surface area contributed by atoms with E-state index in [-0.39, 0.29) is 52.4 Å². The Morgan fingerprint density at radius 1 is 1.05 bits per heavy atom. The molecule has 0 spiro atoms. The van der Waals surface area contributed by atoms with Crippen LogP contribution in [-0.4, -0.2) is 66.2 Å². The summed E-state index contributed by atoms with van der Waals surface area (Å²) < 4.78 is 35.1. The van der Waals surface area contributed by atoms with Crippen molar-refractivity contribution >= 4 is 38.7 Å². The molecule has 12 heteroatoms.